The molecule has 0 aromatic heterocycles. The lowest BCUT2D eigenvalue weighted by Gasteiger charge is -2.23. The summed E-state index contributed by atoms with van der Waals surface area (Å²) in [4.78, 5) is 194. The molecule has 0 heterocycles. The zero-order valence-corrected chi connectivity index (χ0v) is 56.8. The van der Waals surface area contributed by atoms with E-state index in [1.165, 1.54) is 27.7 Å². The summed E-state index contributed by atoms with van der Waals surface area (Å²) in [5, 5.41) is 26.6. The summed E-state index contributed by atoms with van der Waals surface area (Å²) in [6.07, 6.45) is 10.0. The number of carbonyl (C=O) groups excluding carboxylic acids is 16. The van der Waals surface area contributed by atoms with E-state index in [1.807, 2.05) is 0 Å². The molecule has 94 heavy (non-hydrogen) atoms. The average Bonchev–Trinajstić information content (AvgIpc) is 1.11. The topological polar surface area (TPSA) is 504 Å². The number of nitrogens with one attached hydrogen (secondary N) is 10. The SMILES string of the molecule is CC(=O)NCCCC[C@H](NC(C)=O)C(=O)NCCC(=O)N(CC(=O)NCCCCC(C)C(N)=O)CC(=O)NCCCCC(C)C(N)=O.CC(=O)NCCCC[C@H](NC(C)=O)C(=O)NCCC(=O)N(CC(=O)NCCCCC(C)C(N)=O)CC(=O)NCCCCC(C)C(N)=O. The predicted octanol–water partition coefficient (Wildman–Crippen LogP) is -2.10. The van der Waals surface area contributed by atoms with Gasteiger partial charge >= 0.3 is 0 Å². The van der Waals surface area contributed by atoms with E-state index in [0.29, 0.717) is 155 Å². The molecule has 0 bridgehead atoms. The summed E-state index contributed by atoms with van der Waals surface area (Å²) in [5.74, 6) is -7.64. The van der Waals surface area contributed by atoms with Crippen LogP contribution in [-0.4, -0.2) is 195 Å². The van der Waals surface area contributed by atoms with Gasteiger partial charge in [0.2, 0.25) is 94.5 Å². The van der Waals surface area contributed by atoms with Crippen molar-refractivity contribution in [2.75, 3.05) is 78.5 Å². The van der Waals surface area contributed by atoms with Crippen LogP contribution in [0.4, 0.5) is 0 Å². The summed E-state index contributed by atoms with van der Waals surface area (Å²) >= 11 is 0. The first kappa shape index (κ1) is 87.6. The maximum absolute atomic E-state index is 13.1. The highest BCUT2D eigenvalue weighted by Gasteiger charge is 2.25. The van der Waals surface area contributed by atoms with Crippen molar-refractivity contribution in [2.45, 2.75) is 196 Å². The van der Waals surface area contributed by atoms with Gasteiger partial charge in [0.1, 0.15) is 38.3 Å². The normalized spacial score (nSPS) is 12.5. The minimum Gasteiger partial charge on any atom is -0.369 e. The van der Waals surface area contributed by atoms with Crippen LogP contribution >= 0.6 is 0 Å². The van der Waals surface area contributed by atoms with Gasteiger partial charge in [0.25, 0.3) is 0 Å². The van der Waals surface area contributed by atoms with E-state index in [2.05, 4.69) is 53.2 Å². The van der Waals surface area contributed by atoms with Gasteiger partial charge in [-0.1, -0.05) is 53.4 Å². The van der Waals surface area contributed by atoms with E-state index >= 15 is 0 Å². The van der Waals surface area contributed by atoms with Crippen molar-refractivity contribution in [3.63, 3.8) is 0 Å². The lowest BCUT2D eigenvalue weighted by Crippen LogP contribution is -2.48. The molecule has 4 unspecified atom stereocenters. The van der Waals surface area contributed by atoms with E-state index in [1.54, 1.807) is 27.7 Å². The molecule has 0 aliphatic carbocycles. The molecule has 0 aromatic rings. The van der Waals surface area contributed by atoms with Crippen LogP contribution in [0.2, 0.25) is 0 Å². The van der Waals surface area contributed by atoms with Crippen LogP contribution in [0.3, 0.4) is 0 Å². The molecule has 0 saturated carbocycles. The molecular formula is C62H112N16O16. The van der Waals surface area contributed by atoms with Gasteiger partial charge in [-0.05, 0) is 89.9 Å². The first-order valence-corrected chi connectivity index (χ1v) is 32.7. The summed E-state index contributed by atoms with van der Waals surface area (Å²) in [6.45, 7) is 12.8. The number of primary amides is 4. The van der Waals surface area contributed by atoms with Crippen LogP contribution < -0.4 is 76.1 Å². The maximum Gasteiger partial charge on any atom is 0.242 e. The fourth-order valence-electron chi connectivity index (χ4n) is 8.82. The molecule has 0 rings (SSSR count). The number of rotatable bonds is 52. The Kier molecular flexibility index (Phi) is 49.3. The van der Waals surface area contributed by atoms with E-state index < -0.39 is 71.2 Å². The highest BCUT2D eigenvalue weighted by atomic mass is 16.2. The van der Waals surface area contributed by atoms with E-state index in [-0.39, 0.29) is 111 Å². The van der Waals surface area contributed by atoms with E-state index in [9.17, 15) is 76.7 Å². The third kappa shape index (κ3) is 49.2. The number of amides is 16. The summed E-state index contributed by atoms with van der Waals surface area (Å²) in [5.41, 5.74) is 21.1. The number of carbonyl (C=O) groups is 16. The molecule has 18 N–H and O–H groups in total. The van der Waals surface area contributed by atoms with Crippen LogP contribution in [0.1, 0.15) is 184 Å². The quantitative estimate of drug-likeness (QED) is 0.0290. The molecule has 0 radical (unpaired) electrons. The minimum atomic E-state index is -0.829. The predicted molar refractivity (Wildman–Crippen MR) is 350 cm³/mol. The molecule has 32 heteroatoms. The molecule has 6 atom stereocenters. The fraction of sp³-hybridized carbons (Fsp3) is 0.742. The van der Waals surface area contributed by atoms with Crippen molar-refractivity contribution in [1.82, 2.24) is 63.0 Å². The van der Waals surface area contributed by atoms with Crippen molar-refractivity contribution < 1.29 is 76.7 Å². The molecule has 0 fully saturated rings. The zero-order chi connectivity index (χ0) is 71.6. The van der Waals surface area contributed by atoms with Crippen LogP contribution in [0, 0.1) is 23.7 Å². The second-order valence-corrected chi connectivity index (χ2v) is 23.6. The van der Waals surface area contributed by atoms with Crippen LogP contribution in [0.5, 0.6) is 0 Å². The third-order valence-electron chi connectivity index (χ3n) is 14.8. The second kappa shape index (κ2) is 53.0. The van der Waals surface area contributed by atoms with Gasteiger partial charge in [-0.2, -0.15) is 0 Å². The Morgan fingerprint density at radius 3 is 0.723 bits per heavy atom. The lowest BCUT2D eigenvalue weighted by atomic mass is 10.0. The van der Waals surface area contributed by atoms with Gasteiger partial charge < -0.3 is 85.9 Å². The molecule has 0 saturated heterocycles. The van der Waals surface area contributed by atoms with Crippen molar-refractivity contribution in [3.05, 3.63) is 0 Å². The van der Waals surface area contributed by atoms with Crippen molar-refractivity contribution in [2.24, 2.45) is 46.6 Å². The highest BCUT2D eigenvalue weighted by Crippen LogP contribution is 2.11. The largest absolute Gasteiger partial charge is 0.369 e. The van der Waals surface area contributed by atoms with E-state index in [0.717, 1.165) is 9.80 Å². The fourth-order valence-corrected chi connectivity index (χ4v) is 8.82. The number of nitrogens with two attached hydrogens (primary N) is 4. The van der Waals surface area contributed by atoms with Gasteiger partial charge in [0.05, 0.1) is 0 Å². The molecule has 536 valence electrons. The number of hydrogen-bond donors (Lipinski definition) is 14. The molecule has 0 aliphatic heterocycles. The molecule has 0 aromatic carbocycles. The van der Waals surface area contributed by atoms with E-state index in [4.69, 9.17) is 22.9 Å². The summed E-state index contributed by atoms with van der Waals surface area (Å²) in [6, 6.07) is -1.66. The standard InChI is InChI=1S/2C31H56N8O8/c2*1-21(29(32)45)11-5-8-16-35-26(42)19-39(20-27(43)36-17-9-6-12-22(2)30(33)46)28(44)14-18-37-31(47)25(38-24(4)41)13-7-10-15-34-23(3)40/h2*21-22,25H,5-20H2,1-4H3,(H2,32,45)(H2,33,46)(H,34,40)(H,35,42)(H,36,43)(H,37,47)(H,38,41)/t2*21?,22?,25-/m00/s1. The Balaban J connectivity index is 0. The van der Waals surface area contributed by atoms with Gasteiger partial charge in [-0.3, -0.25) is 76.7 Å². The second-order valence-electron chi connectivity index (χ2n) is 23.6. The monoisotopic (exact) mass is 1340 g/mol. The summed E-state index contributed by atoms with van der Waals surface area (Å²) < 4.78 is 0. The zero-order valence-electron chi connectivity index (χ0n) is 56.8. The number of nitrogens with zero attached hydrogens (tertiary/aromatic N) is 2. The Bertz CT molecular complexity index is 2180. The molecular weight excluding hydrogens is 1220 g/mol. The number of unbranched alkanes of at least 4 members (excludes halogenated alkanes) is 6. The molecule has 16 amide bonds. The Labute approximate surface area is 553 Å². The van der Waals surface area contributed by atoms with Crippen molar-refractivity contribution >= 4 is 94.5 Å². The van der Waals surface area contributed by atoms with Gasteiger partial charge in [0, 0.05) is 117 Å². The summed E-state index contributed by atoms with van der Waals surface area (Å²) in [7, 11) is 0. The van der Waals surface area contributed by atoms with Gasteiger partial charge in [-0.15, -0.1) is 0 Å². The first-order valence-electron chi connectivity index (χ1n) is 32.7. The molecule has 0 spiro atoms. The van der Waals surface area contributed by atoms with Crippen molar-refractivity contribution in [3.8, 4) is 0 Å². The first-order chi connectivity index (χ1) is 44.3. The Morgan fingerprint density at radius 2 is 0.511 bits per heavy atom. The Morgan fingerprint density at radius 1 is 0.287 bits per heavy atom. The van der Waals surface area contributed by atoms with Crippen LogP contribution in [0.15, 0.2) is 0 Å². The lowest BCUT2D eigenvalue weighted by molar-refractivity contribution is -0.139. The maximum atomic E-state index is 13.1. The van der Waals surface area contributed by atoms with Crippen LogP contribution in [0.25, 0.3) is 0 Å². The average molecular weight is 1340 g/mol. The number of hydrogen-bond acceptors (Lipinski definition) is 16. The van der Waals surface area contributed by atoms with Gasteiger partial charge in [-0.25, -0.2) is 0 Å². The molecule has 32 nitrogen and oxygen atoms in total. The van der Waals surface area contributed by atoms with Crippen LogP contribution in [-0.2, 0) is 76.7 Å². The molecule has 0 aliphatic rings. The van der Waals surface area contributed by atoms with Crippen molar-refractivity contribution in [1.29, 1.82) is 0 Å². The third-order valence-corrected chi connectivity index (χ3v) is 14.8. The smallest absolute Gasteiger partial charge is 0.242 e. The minimum absolute atomic E-state index is 0.0878. The van der Waals surface area contributed by atoms with Gasteiger partial charge in [0.15, 0.2) is 0 Å². The Hall–Kier alpha value is -8.48. The highest BCUT2D eigenvalue weighted by molar-refractivity contribution is 5.92.